The van der Waals surface area contributed by atoms with E-state index in [4.69, 9.17) is 5.73 Å². The van der Waals surface area contributed by atoms with Gasteiger partial charge in [-0.3, -0.25) is 9.59 Å². The summed E-state index contributed by atoms with van der Waals surface area (Å²) in [6, 6.07) is 7.15. The molecule has 1 aliphatic carbocycles. The van der Waals surface area contributed by atoms with Crippen LogP contribution in [0.1, 0.15) is 63.2 Å². The summed E-state index contributed by atoms with van der Waals surface area (Å²) >= 11 is 0. The zero-order valence-electron chi connectivity index (χ0n) is 15.3. The Hall–Kier alpha value is -1.59. The van der Waals surface area contributed by atoms with Gasteiger partial charge in [0, 0.05) is 28.7 Å². The van der Waals surface area contributed by atoms with Gasteiger partial charge in [-0.2, -0.15) is 0 Å². The number of anilines is 1. The second kappa shape index (κ2) is 9.20. The molecule has 140 valence electrons. The third-order valence-corrected chi connectivity index (χ3v) is 4.84. The maximum absolute atomic E-state index is 12.3. The number of benzene rings is 1. The summed E-state index contributed by atoms with van der Waals surface area (Å²) < 4.78 is 0. The third kappa shape index (κ3) is 6.33. The topological polar surface area (TPSA) is 84.2 Å². The first-order valence-electron chi connectivity index (χ1n) is 8.80. The highest BCUT2D eigenvalue weighted by Crippen LogP contribution is 2.24. The lowest BCUT2D eigenvalue weighted by Crippen LogP contribution is -2.42. The number of nitrogens with one attached hydrogen (secondary N) is 2. The van der Waals surface area contributed by atoms with Gasteiger partial charge < -0.3 is 16.4 Å². The minimum Gasteiger partial charge on any atom is -0.347 e. The van der Waals surface area contributed by atoms with Crippen molar-refractivity contribution in [3.63, 3.8) is 0 Å². The molecule has 0 radical (unpaired) electrons. The molecular formula is C19H30ClN3O2. The van der Waals surface area contributed by atoms with E-state index in [1.54, 1.807) is 24.3 Å². The molecule has 0 bridgehead atoms. The van der Waals surface area contributed by atoms with Crippen LogP contribution in [-0.2, 0) is 4.79 Å². The SMILES string of the molecule is CCC(C)(C)NC(=O)c1ccc(NC(=O)C2CCCC(N)C2)cc1.Cl. The molecule has 5 nitrogen and oxygen atoms in total. The molecule has 1 fully saturated rings. The lowest BCUT2D eigenvalue weighted by Gasteiger charge is -2.25. The summed E-state index contributed by atoms with van der Waals surface area (Å²) in [4.78, 5) is 24.5. The van der Waals surface area contributed by atoms with Gasteiger partial charge in [0.05, 0.1) is 0 Å². The fourth-order valence-electron chi connectivity index (χ4n) is 2.88. The van der Waals surface area contributed by atoms with Crippen LogP contribution in [0, 0.1) is 5.92 Å². The molecule has 2 atom stereocenters. The number of carbonyl (C=O) groups excluding carboxylic acids is 2. The summed E-state index contributed by atoms with van der Waals surface area (Å²) in [5.74, 6) is -0.0884. The maximum atomic E-state index is 12.3. The molecule has 25 heavy (non-hydrogen) atoms. The maximum Gasteiger partial charge on any atom is 0.251 e. The Bertz CT molecular complexity index is 587. The Kier molecular flexibility index (Phi) is 7.90. The van der Waals surface area contributed by atoms with Crippen molar-refractivity contribution in [3.8, 4) is 0 Å². The van der Waals surface area contributed by atoms with E-state index in [1.165, 1.54) is 0 Å². The Labute approximate surface area is 156 Å². The molecule has 2 rings (SSSR count). The van der Waals surface area contributed by atoms with Crippen LogP contribution in [0.25, 0.3) is 0 Å². The van der Waals surface area contributed by atoms with Crippen LogP contribution < -0.4 is 16.4 Å². The zero-order valence-corrected chi connectivity index (χ0v) is 16.1. The molecule has 2 amide bonds. The Morgan fingerprint density at radius 2 is 1.84 bits per heavy atom. The van der Waals surface area contributed by atoms with Crippen molar-refractivity contribution in [1.82, 2.24) is 5.32 Å². The zero-order chi connectivity index (χ0) is 17.7. The number of hydrogen-bond acceptors (Lipinski definition) is 3. The molecule has 0 aromatic heterocycles. The van der Waals surface area contributed by atoms with Gasteiger partial charge in [0.2, 0.25) is 5.91 Å². The number of hydrogen-bond donors (Lipinski definition) is 3. The largest absolute Gasteiger partial charge is 0.347 e. The summed E-state index contributed by atoms with van der Waals surface area (Å²) in [6.07, 6.45) is 4.51. The van der Waals surface area contributed by atoms with Crippen molar-refractivity contribution in [2.24, 2.45) is 11.7 Å². The van der Waals surface area contributed by atoms with Gasteiger partial charge in [-0.05, 0) is 63.8 Å². The highest BCUT2D eigenvalue weighted by atomic mass is 35.5. The molecule has 4 N–H and O–H groups in total. The minimum absolute atomic E-state index is 0. The third-order valence-electron chi connectivity index (χ3n) is 4.84. The van der Waals surface area contributed by atoms with Crippen molar-refractivity contribution in [1.29, 1.82) is 0 Å². The van der Waals surface area contributed by atoms with E-state index < -0.39 is 0 Å². The van der Waals surface area contributed by atoms with E-state index in [9.17, 15) is 9.59 Å². The minimum atomic E-state index is -0.232. The molecule has 0 heterocycles. The first kappa shape index (κ1) is 21.5. The van der Waals surface area contributed by atoms with Gasteiger partial charge in [-0.15, -0.1) is 12.4 Å². The van der Waals surface area contributed by atoms with Crippen LogP contribution in [0.15, 0.2) is 24.3 Å². The number of halogens is 1. The van der Waals surface area contributed by atoms with Crippen molar-refractivity contribution < 1.29 is 9.59 Å². The summed E-state index contributed by atoms with van der Waals surface area (Å²) in [6.45, 7) is 6.03. The average Bonchev–Trinajstić information content (AvgIpc) is 2.55. The summed E-state index contributed by atoms with van der Waals surface area (Å²) in [7, 11) is 0. The smallest absolute Gasteiger partial charge is 0.251 e. The number of rotatable bonds is 5. The second-order valence-corrected chi connectivity index (χ2v) is 7.38. The summed E-state index contributed by atoms with van der Waals surface area (Å²) in [5, 5.41) is 5.93. The van der Waals surface area contributed by atoms with Gasteiger partial charge in [0.25, 0.3) is 5.91 Å². The number of amides is 2. The van der Waals surface area contributed by atoms with Crippen LogP contribution in [0.3, 0.4) is 0 Å². The predicted octanol–water partition coefficient (Wildman–Crippen LogP) is 3.48. The van der Waals surface area contributed by atoms with E-state index in [2.05, 4.69) is 10.6 Å². The molecule has 1 aromatic carbocycles. The normalized spacial score (nSPS) is 20.3. The molecule has 0 spiro atoms. The van der Waals surface area contributed by atoms with E-state index in [1.807, 2.05) is 20.8 Å². The van der Waals surface area contributed by atoms with Crippen molar-refractivity contribution in [3.05, 3.63) is 29.8 Å². The van der Waals surface area contributed by atoms with Crippen LogP contribution >= 0.6 is 12.4 Å². The molecule has 0 aliphatic heterocycles. The van der Waals surface area contributed by atoms with Gasteiger partial charge in [0.15, 0.2) is 0 Å². The molecule has 2 unspecified atom stereocenters. The average molecular weight is 368 g/mol. The second-order valence-electron chi connectivity index (χ2n) is 7.38. The van der Waals surface area contributed by atoms with E-state index in [0.717, 1.165) is 32.1 Å². The Morgan fingerprint density at radius 3 is 2.40 bits per heavy atom. The standard InChI is InChI=1S/C19H29N3O2.ClH/c1-4-19(2,3)22-18(24)13-8-10-16(11-9-13)21-17(23)14-6-5-7-15(20)12-14;/h8-11,14-15H,4-7,12,20H2,1-3H3,(H,21,23)(H,22,24);1H. The Balaban J connectivity index is 0.00000312. The van der Waals surface area contributed by atoms with Crippen molar-refractivity contribution in [2.75, 3.05) is 5.32 Å². The van der Waals surface area contributed by atoms with Gasteiger partial charge in [-0.25, -0.2) is 0 Å². The van der Waals surface area contributed by atoms with Crippen LogP contribution in [-0.4, -0.2) is 23.4 Å². The van der Waals surface area contributed by atoms with Crippen LogP contribution in [0.5, 0.6) is 0 Å². The molecule has 1 aliphatic rings. The molecule has 6 heteroatoms. The fourth-order valence-corrected chi connectivity index (χ4v) is 2.88. The molecule has 0 saturated heterocycles. The highest BCUT2D eigenvalue weighted by molar-refractivity contribution is 5.96. The van der Waals surface area contributed by atoms with E-state index in [-0.39, 0.29) is 41.7 Å². The monoisotopic (exact) mass is 367 g/mol. The van der Waals surface area contributed by atoms with Gasteiger partial charge in [0.1, 0.15) is 0 Å². The lowest BCUT2D eigenvalue weighted by atomic mass is 9.85. The lowest BCUT2D eigenvalue weighted by molar-refractivity contribution is -0.120. The van der Waals surface area contributed by atoms with Crippen LogP contribution in [0.2, 0.25) is 0 Å². The quantitative estimate of drug-likeness (QED) is 0.744. The molecule has 1 saturated carbocycles. The highest BCUT2D eigenvalue weighted by Gasteiger charge is 2.25. The first-order valence-corrected chi connectivity index (χ1v) is 8.80. The van der Waals surface area contributed by atoms with Gasteiger partial charge >= 0.3 is 0 Å². The van der Waals surface area contributed by atoms with E-state index in [0.29, 0.717) is 11.3 Å². The van der Waals surface area contributed by atoms with Crippen molar-refractivity contribution >= 4 is 29.9 Å². The van der Waals surface area contributed by atoms with Crippen LogP contribution in [0.4, 0.5) is 5.69 Å². The van der Waals surface area contributed by atoms with E-state index >= 15 is 0 Å². The number of nitrogens with two attached hydrogens (primary N) is 1. The number of carbonyl (C=O) groups is 2. The Morgan fingerprint density at radius 1 is 1.20 bits per heavy atom. The first-order chi connectivity index (χ1) is 11.3. The molecule has 1 aromatic rings. The summed E-state index contributed by atoms with van der Waals surface area (Å²) in [5.41, 5.74) is 7.02. The van der Waals surface area contributed by atoms with Crippen molar-refractivity contribution in [2.45, 2.75) is 64.5 Å². The fraction of sp³-hybridized carbons (Fsp3) is 0.579. The van der Waals surface area contributed by atoms with Gasteiger partial charge in [-0.1, -0.05) is 13.3 Å². The molecular weight excluding hydrogens is 338 g/mol. The predicted molar refractivity (Wildman–Crippen MR) is 104 cm³/mol.